The summed E-state index contributed by atoms with van der Waals surface area (Å²) >= 11 is 0. The number of urea groups is 1. The topological polar surface area (TPSA) is 58.6 Å². The van der Waals surface area contributed by atoms with Crippen molar-refractivity contribution in [3.63, 3.8) is 0 Å². The van der Waals surface area contributed by atoms with Gasteiger partial charge in [-0.1, -0.05) is 18.6 Å². The summed E-state index contributed by atoms with van der Waals surface area (Å²) in [7, 11) is 1.40. The van der Waals surface area contributed by atoms with Crippen LogP contribution in [0.4, 0.5) is 10.5 Å². The minimum atomic E-state index is -0.205. The van der Waals surface area contributed by atoms with Crippen molar-refractivity contribution in [2.75, 3.05) is 19.0 Å². The second-order valence-corrected chi connectivity index (χ2v) is 6.80. The first kappa shape index (κ1) is 16.8. The maximum Gasteiger partial charge on any atom is 0.322 e. The van der Waals surface area contributed by atoms with E-state index in [1.165, 1.54) is 26.4 Å². The Kier molecular flexibility index (Phi) is 5.38. The van der Waals surface area contributed by atoms with Crippen LogP contribution in [-0.4, -0.2) is 36.6 Å². The molecule has 1 N–H and O–H groups in total. The number of carbonyl (C=O) groups is 2. The lowest BCUT2D eigenvalue weighted by Gasteiger charge is -2.37. The number of methoxy groups -OCH3 is 1. The van der Waals surface area contributed by atoms with Crippen molar-refractivity contribution in [1.82, 2.24) is 4.90 Å². The van der Waals surface area contributed by atoms with Crippen LogP contribution in [0, 0.1) is 5.92 Å². The Balaban J connectivity index is 1.55. The maximum absolute atomic E-state index is 12.6. The smallest absolute Gasteiger partial charge is 0.322 e. The molecular weight excluding hydrogens is 304 g/mol. The second-order valence-electron chi connectivity index (χ2n) is 6.80. The number of rotatable bonds is 4. The zero-order chi connectivity index (χ0) is 16.9. The first-order valence-corrected chi connectivity index (χ1v) is 8.91. The van der Waals surface area contributed by atoms with Gasteiger partial charge in [0.25, 0.3) is 0 Å². The third-order valence-corrected chi connectivity index (χ3v) is 5.30. The van der Waals surface area contributed by atoms with Gasteiger partial charge in [0.2, 0.25) is 0 Å². The molecule has 1 saturated heterocycles. The van der Waals surface area contributed by atoms with Crippen LogP contribution in [0.5, 0.6) is 0 Å². The molecule has 0 unspecified atom stereocenters. The molecule has 2 atom stereocenters. The number of piperidine rings is 1. The van der Waals surface area contributed by atoms with E-state index in [0.29, 0.717) is 24.8 Å². The Morgan fingerprint density at radius 3 is 2.67 bits per heavy atom. The molecule has 1 aromatic carbocycles. The summed E-state index contributed by atoms with van der Waals surface area (Å²) in [6.45, 7) is 0.865. The highest BCUT2D eigenvalue weighted by molar-refractivity contribution is 5.89. The van der Waals surface area contributed by atoms with Crippen LogP contribution in [0.2, 0.25) is 0 Å². The maximum atomic E-state index is 12.6. The van der Waals surface area contributed by atoms with E-state index in [1.54, 1.807) is 0 Å². The molecule has 3 rings (SSSR count). The third-order valence-electron chi connectivity index (χ3n) is 5.30. The van der Waals surface area contributed by atoms with Gasteiger partial charge in [-0.25, -0.2) is 4.79 Å². The van der Waals surface area contributed by atoms with Gasteiger partial charge in [-0.05, 0) is 55.7 Å². The monoisotopic (exact) mass is 330 g/mol. The van der Waals surface area contributed by atoms with E-state index >= 15 is 0 Å². The number of fused-ring (bicyclic) bond motifs is 1. The fourth-order valence-corrected chi connectivity index (χ4v) is 4.00. The van der Waals surface area contributed by atoms with E-state index in [-0.39, 0.29) is 12.0 Å². The molecule has 1 heterocycles. The molecule has 0 spiro atoms. The van der Waals surface area contributed by atoms with Crippen LogP contribution in [0.15, 0.2) is 24.3 Å². The summed E-state index contributed by atoms with van der Waals surface area (Å²) < 4.78 is 4.65. The Hall–Kier alpha value is -2.04. The lowest BCUT2D eigenvalue weighted by atomic mass is 9.92. The van der Waals surface area contributed by atoms with E-state index in [4.69, 9.17) is 0 Å². The average molecular weight is 330 g/mol. The fraction of sp³-hybridized carbons (Fsp3) is 0.579. The van der Waals surface area contributed by atoms with E-state index in [1.807, 2.05) is 29.2 Å². The van der Waals surface area contributed by atoms with E-state index in [0.717, 1.165) is 30.6 Å². The van der Waals surface area contributed by atoms with Gasteiger partial charge in [0.15, 0.2) is 0 Å². The highest BCUT2D eigenvalue weighted by atomic mass is 16.5. The van der Waals surface area contributed by atoms with Crippen molar-refractivity contribution in [3.8, 4) is 0 Å². The van der Waals surface area contributed by atoms with E-state index in [9.17, 15) is 9.59 Å². The van der Waals surface area contributed by atoms with Crippen LogP contribution in [0.1, 0.15) is 44.1 Å². The van der Waals surface area contributed by atoms with Crippen molar-refractivity contribution in [2.45, 2.75) is 51.0 Å². The fourth-order valence-electron chi connectivity index (χ4n) is 4.00. The number of ether oxygens (including phenoxy) is 1. The molecule has 2 amide bonds. The van der Waals surface area contributed by atoms with Gasteiger partial charge in [-0.3, -0.25) is 4.79 Å². The predicted molar refractivity (Wildman–Crippen MR) is 92.9 cm³/mol. The van der Waals surface area contributed by atoms with Gasteiger partial charge >= 0.3 is 12.0 Å². The number of benzene rings is 1. The number of likely N-dealkylation sites (tertiary alicyclic amines) is 1. The van der Waals surface area contributed by atoms with Crippen LogP contribution in [0.3, 0.4) is 0 Å². The summed E-state index contributed by atoms with van der Waals surface area (Å²) in [6, 6.07) is 8.16. The van der Waals surface area contributed by atoms with Crippen molar-refractivity contribution in [3.05, 3.63) is 29.8 Å². The van der Waals surface area contributed by atoms with Crippen LogP contribution in [0.25, 0.3) is 0 Å². The molecule has 0 bridgehead atoms. The first-order chi connectivity index (χ1) is 11.7. The standard InChI is InChI=1S/C19H26N2O3/c1-24-18(22)12-9-14-7-10-16(11-8-14)20-19(23)21-13-3-5-15-4-2-6-17(15)21/h7-8,10-11,15,17H,2-6,9,12-13H2,1H3,(H,20,23)/t15-,17+/m0/s1. The Labute approximate surface area is 143 Å². The molecule has 2 aliphatic rings. The summed E-state index contributed by atoms with van der Waals surface area (Å²) in [6.07, 6.45) is 7.06. The minimum Gasteiger partial charge on any atom is -0.469 e. The highest BCUT2D eigenvalue weighted by Gasteiger charge is 2.37. The SMILES string of the molecule is COC(=O)CCc1ccc(NC(=O)N2CCC[C@@H]3CCC[C@H]32)cc1. The average Bonchev–Trinajstić information content (AvgIpc) is 3.09. The molecule has 130 valence electrons. The highest BCUT2D eigenvalue weighted by Crippen LogP contribution is 2.36. The number of hydrogen-bond donors (Lipinski definition) is 1. The number of anilines is 1. The molecule has 1 aliphatic heterocycles. The van der Waals surface area contributed by atoms with E-state index in [2.05, 4.69) is 10.1 Å². The molecule has 5 nitrogen and oxygen atoms in total. The number of aryl methyl sites for hydroxylation is 1. The van der Waals surface area contributed by atoms with Crippen molar-refractivity contribution in [1.29, 1.82) is 0 Å². The van der Waals surface area contributed by atoms with Crippen molar-refractivity contribution in [2.24, 2.45) is 5.92 Å². The molecule has 5 heteroatoms. The first-order valence-electron chi connectivity index (χ1n) is 8.91. The molecule has 1 aliphatic carbocycles. The quantitative estimate of drug-likeness (QED) is 0.858. The van der Waals surface area contributed by atoms with Gasteiger partial charge in [-0.2, -0.15) is 0 Å². The normalized spacial score (nSPS) is 22.8. The molecule has 0 aromatic heterocycles. The zero-order valence-electron chi connectivity index (χ0n) is 14.3. The lowest BCUT2D eigenvalue weighted by Crippen LogP contribution is -2.48. The van der Waals surface area contributed by atoms with Gasteiger partial charge < -0.3 is 15.0 Å². The summed E-state index contributed by atoms with van der Waals surface area (Å²) in [4.78, 5) is 25.8. The van der Waals surface area contributed by atoms with Crippen molar-refractivity contribution >= 4 is 17.7 Å². The van der Waals surface area contributed by atoms with E-state index < -0.39 is 0 Å². The number of amides is 2. The number of hydrogen-bond acceptors (Lipinski definition) is 3. The van der Waals surface area contributed by atoms with Crippen molar-refractivity contribution < 1.29 is 14.3 Å². The van der Waals surface area contributed by atoms with Gasteiger partial charge in [0.1, 0.15) is 0 Å². The van der Waals surface area contributed by atoms with Crippen LogP contribution >= 0.6 is 0 Å². The number of nitrogens with one attached hydrogen (secondary N) is 1. The summed E-state index contributed by atoms with van der Waals surface area (Å²) in [5.41, 5.74) is 1.87. The molecule has 0 radical (unpaired) electrons. The molecule has 1 saturated carbocycles. The number of esters is 1. The summed E-state index contributed by atoms with van der Waals surface area (Å²) in [5.74, 6) is 0.494. The number of carbonyl (C=O) groups excluding carboxylic acids is 2. The second kappa shape index (κ2) is 7.69. The predicted octanol–water partition coefficient (Wildman–Crippen LogP) is 3.59. The molecule has 24 heavy (non-hydrogen) atoms. The number of nitrogens with zero attached hydrogens (tertiary/aromatic N) is 1. The Morgan fingerprint density at radius 1 is 1.17 bits per heavy atom. The van der Waals surface area contributed by atoms with Gasteiger partial charge in [0.05, 0.1) is 7.11 Å². The molecule has 1 aromatic rings. The van der Waals surface area contributed by atoms with Crippen LogP contribution in [-0.2, 0) is 16.0 Å². The Bertz CT molecular complexity index is 585. The Morgan fingerprint density at radius 2 is 1.92 bits per heavy atom. The summed E-state index contributed by atoms with van der Waals surface area (Å²) in [5, 5.41) is 3.02. The minimum absolute atomic E-state index is 0.0221. The largest absolute Gasteiger partial charge is 0.469 e. The van der Waals surface area contributed by atoms with Crippen LogP contribution < -0.4 is 5.32 Å². The van der Waals surface area contributed by atoms with Gasteiger partial charge in [0, 0.05) is 24.7 Å². The third kappa shape index (κ3) is 3.89. The van der Waals surface area contributed by atoms with Gasteiger partial charge in [-0.15, -0.1) is 0 Å². The lowest BCUT2D eigenvalue weighted by molar-refractivity contribution is -0.140. The molecular formula is C19H26N2O3. The molecule has 2 fully saturated rings. The zero-order valence-corrected chi connectivity index (χ0v) is 14.3.